The predicted octanol–water partition coefficient (Wildman–Crippen LogP) is 3.58. The van der Waals surface area contributed by atoms with E-state index in [1.54, 1.807) is 0 Å². The molecule has 0 aliphatic carbocycles. The molecule has 0 saturated carbocycles. The van der Waals surface area contributed by atoms with E-state index >= 15 is 0 Å². The maximum Gasteiger partial charge on any atom is 0.321 e. The number of nitrogens with zero attached hydrogens (tertiary/aromatic N) is 1. The fourth-order valence-corrected chi connectivity index (χ4v) is 2.64. The van der Waals surface area contributed by atoms with Gasteiger partial charge in [0.05, 0.1) is 5.69 Å². The van der Waals surface area contributed by atoms with Gasteiger partial charge < -0.3 is 15.2 Å². The number of benzene rings is 1. The molecule has 2 amide bonds. The Morgan fingerprint density at radius 2 is 1.84 bits per heavy atom. The van der Waals surface area contributed by atoms with Crippen LogP contribution in [0.25, 0.3) is 10.9 Å². The minimum absolute atomic E-state index is 0.0200. The van der Waals surface area contributed by atoms with Crippen LogP contribution < -0.4 is 5.32 Å². The van der Waals surface area contributed by atoms with Crippen molar-refractivity contribution in [3.05, 3.63) is 30.5 Å². The number of anilines is 1. The second-order valence-electron chi connectivity index (χ2n) is 5.08. The molecule has 1 aliphatic rings. The zero-order valence-corrected chi connectivity index (χ0v) is 11.0. The molecule has 2 heterocycles. The zero-order chi connectivity index (χ0) is 13.1. The second kappa shape index (κ2) is 5.34. The summed E-state index contributed by atoms with van der Waals surface area (Å²) in [6.07, 6.45) is 6.55. The van der Waals surface area contributed by atoms with E-state index in [1.807, 2.05) is 35.4 Å². The van der Waals surface area contributed by atoms with Crippen LogP contribution in [0.3, 0.4) is 0 Å². The third-order valence-electron chi connectivity index (χ3n) is 3.72. The lowest BCUT2D eigenvalue weighted by atomic mass is 10.2. The minimum Gasteiger partial charge on any atom is -0.359 e. The van der Waals surface area contributed by atoms with Crippen LogP contribution in [0.2, 0.25) is 0 Å². The Bertz CT molecular complexity index is 568. The summed E-state index contributed by atoms with van der Waals surface area (Å²) in [6.45, 7) is 1.74. The van der Waals surface area contributed by atoms with Crippen LogP contribution in [0.1, 0.15) is 25.7 Å². The van der Waals surface area contributed by atoms with Gasteiger partial charge in [0.2, 0.25) is 0 Å². The fraction of sp³-hybridized carbons (Fsp3) is 0.400. The van der Waals surface area contributed by atoms with E-state index in [4.69, 9.17) is 0 Å². The van der Waals surface area contributed by atoms with Gasteiger partial charge >= 0.3 is 6.03 Å². The monoisotopic (exact) mass is 257 g/mol. The summed E-state index contributed by atoms with van der Waals surface area (Å²) in [6, 6.07) is 8.02. The number of rotatable bonds is 1. The number of carbonyl (C=O) groups excluding carboxylic acids is 1. The molecule has 1 aliphatic heterocycles. The third kappa shape index (κ3) is 2.57. The number of aromatic nitrogens is 1. The van der Waals surface area contributed by atoms with E-state index in [-0.39, 0.29) is 6.03 Å². The van der Waals surface area contributed by atoms with Crippen LogP contribution in [0.4, 0.5) is 10.5 Å². The van der Waals surface area contributed by atoms with Crippen LogP contribution in [-0.2, 0) is 0 Å². The molecule has 19 heavy (non-hydrogen) atoms. The molecule has 0 radical (unpaired) electrons. The fourth-order valence-electron chi connectivity index (χ4n) is 2.64. The molecule has 0 bridgehead atoms. The van der Waals surface area contributed by atoms with Gasteiger partial charge in [-0.15, -0.1) is 0 Å². The summed E-state index contributed by atoms with van der Waals surface area (Å²) >= 11 is 0. The van der Waals surface area contributed by atoms with Crippen molar-refractivity contribution in [1.29, 1.82) is 0 Å². The number of carbonyl (C=O) groups is 1. The van der Waals surface area contributed by atoms with E-state index in [0.29, 0.717) is 0 Å². The van der Waals surface area contributed by atoms with Gasteiger partial charge in [-0.25, -0.2) is 4.79 Å². The van der Waals surface area contributed by atoms with Crippen molar-refractivity contribution in [3.63, 3.8) is 0 Å². The molecule has 100 valence electrons. The van der Waals surface area contributed by atoms with Crippen LogP contribution in [0.15, 0.2) is 30.5 Å². The molecule has 4 nitrogen and oxygen atoms in total. The molecular formula is C15H19N3O. The van der Waals surface area contributed by atoms with Crippen LogP contribution in [0.5, 0.6) is 0 Å². The van der Waals surface area contributed by atoms with E-state index in [9.17, 15) is 4.79 Å². The number of H-pyrrole nitrogens is 1. The summed E-state index contributed by atoms with van der Waals surface area (Å²) in [5, 5.41) is 4.08. The van der Waals surface area contributed by atoms with Crippen molar-refractivity contribution in [2.75, 3.05) is 18.4 Å². The lowest BCUT2D eigenvalue weighted by Crippen LogP contribution is -2.35. The number of likely N-dealkylation sites (tertiary alicyclic amines) is 1. The minimum atomic E-state index is 0.0200. The first-order valence-corrected chi connectivity index (χ1v) is 6.96. The maximum absolute atomic E-state index is 12.3. The Balaban J connectivity index is 1.75. The van der Waals surface area contributed by atoms with Gasteiger partial charge in [0, 0.05) is 30.2 Å². The van der Waals surface area contributed by atoms with Gasteiger partial charge in [0.25, 0.3) is 0 Å². The molecule has 1 saturated heterocycles. The molecule has 0 spiro atoms. The molecule has 1 aromatic heterocycles. The number of aromatic amines is 1. The highest BCUT2D eigenvalue weighted by Gasteiger charge is 2.16. The number of fused-ring (bicyclic) bond motifs is 1. The van der Waals surface area contributed by atoms with Gasteiger partial charge in [-0.3, -0.25) is 0 Å². The van der Waals surface area contributed by atoms with Gasteiger partial charge in [0.1, 0.15) is 0 Å². The Morgan fingerprint density at radius 3 is 2.63 bits per heavy atom. The van der Waals surface area contributed by atoms with Crippen molar-refractivity contribution in [3.8, 4) is 0 Å². The smallest absolute Gasteiger partial charge is 0.321 e. The standard InChI is InChI=1S/C15H19N3O/c19-15(18-9-5-1-2-6-10-18)17-14-11-16-13-8-4-3-7-12(13)14/h3-4,7-8,11,16H,1-2,5-6,9-10H2,(H,17,19). The van der Waals surface area contributed by atoms with Crippen LogP contribution >= 0.6 is 0 Å². The lowest BCUT2D eigenvalue weighted by Gasteiger charge is -2.20. The number of urea groups is 1. The molecule has 0 unspecified atom stereocenters. The number of hydrogen-bond donors (Lipinski definition) is 2. The number of para-hydroxylation sites is 1. The highest BCUT2D eigenvalue weighted by molar-refractivity contribution is 6.00. The van der Waals surface area contributed by atoms with Gasteiger partial charge in [-0.05, 0) is 18.9 Å². The number of nitrogens with one attached hydrogen (secondary N) is 2. The first-order chi connectivity index (χ1) is 9.34. The second-order valence-corrected chi connectivity index (χ2v) is 5.08. The van der Waals surface area contributed by atoms with Crippen LogP contribution in [-0.4, -0.2) is 29.0 Å². The molecule has 0 atom stereocenters. The van der Waals surface area contributed by atoms with Crippen LogP contribution in [0, 0.1) is 0 Å². The average Bonchev–Trinajstić information content (AvgIpc) is 2.66. The van der Waals surface area contributed by atoms with Gasteiger partial charge in [0.15, 0.2) is 0 Å². The van der Waals surface area contributed by atoms with E-state index in [1.165, 1.54) is 12.8 Å². The molecule has 4 heteroatoms. The topological polar surface area (TPSA) is 48.1 Å². The van der Waals surface area contributed by atoms with Gasteiger partial charge in [-0.2, -0.15) is 0 Å². The van der Waals surface area contributed by atoms with Crippen molar-refractivity contribution in [1.82, 2.24) is 9.88 Å². The normalized spacial score (nSPS) is 16.3. The number of amides is 2. The SMILES string of the molecule is O=C(Nc1c[nH]c2ccccc12)N1CCCCCC1. The maximum atomic E-state index is 12.3. The summed E-state index contributed by atoms with van der Waals surface area (Å²) in [4.78, 5) is 17.4. The summed E-state index contributed by atoms with van der Waals surface area (Å²) in [7, 11) is 0. The zero-order valence-electron chi connectivity index (χ0n) is 11.0. The van der Waals surface area contributed by atoms with Crippen molar-refractivity contribution >= 4 is 22.6 Å². The summed E-state index contributed by atoms with van der Waals surface area (Å²) in [5.41, 5.74) is 1.92. The highest BCUT2D eigenvalue weighted by atomic mass is 16.2. The van der Waals surface area contributed by atoms with Gasteiger partial charge in [-0.1, -0.05) is 31.0 Å². The van der Waals surface area contributed by atoms with E-state index < -0.39 is 0 Å². The summed E-state index contributed by atoms with van der Waals surface area (Å²) in [5.74, 6) is 0. The predicted molar refractivity (Wildman–Crippen MR) is 77.4 cm³/mol. The van der Waals surface area contributed by atoms with E-state index in [0.717, 1.165) is 42.5 Å². The Morgan fingerprint density at radius 1 is 1.11 bits per heavy atom. The average molecular weight is 257 g/mol. The first-order valence-electron chi connectivity index (χ1n) is 6.96. The van der Waals surface area contributed by atoms with Crippen molar-refractivity contribution in [2.24, 2.45) is 0 Å². The molecule has 1 aromatic carbocycles. The molecule has 2 N–H and O–H groups in total. The number of hydrogen-bond acceptors (Lipinski definition) is 1. The largest absolute Gasteiger partial charge is 0.359 e. The van der Waals surface area contributed by atoms with Crippen molar-refractivity contribution < 1.29 is 4.79 Å². The molecular weight excluding hydrogens is 238 g/mol. The van der Waals surface area contributed by atoms with E-state index in [2.05, 4.69) is 10.3 Å². The quantitative estimate of drug-likeness (QED) is 0.806. The Hall–Kier alpha value is -1.97. The molecule has 2 aromatic rings. The first kappa shape index (κ1) is 12.1. The van der Waals surface area contributed by atoms with Crippen molar-refractivity contribution in [2.45, 2.75) is 25.7 Å². The molecule has 1 fully saturated rings. The Kier molecular flexibility index (Phi) is 3.40. The highest BCUT2D eigenvalue weighted by Crippen LogP contribution is 2.23. The summed E-state index contributed by atoms with van der Waals surface area (Å²) < 4.78 is 0. The third-order valence-corrected chi connectivity index (χ3v) is 3.72. The Labute approximate surface area is 112 Å². The molecule has 3 rings (SSSR count). The lowest BCUT2D eigenvalue weighted by molar-refractivity contribution is 0.214.